The van der Waals surface area contributed by atoms with E-state index in [-0.39, 0.29) is 17.9 Å². The summed E-state index contributed by atoms with van der Waals surface area (Å²) in [7, 11) is 2.43. The van der Waals surface area contributed by atoms with Crippen molar-refractivity contribution in [2.45, 2.75) is 31.3 Å². The standard InChI is InChI=1S/C20H22ClFN4O5/c1-30-16(27)6-5-15(19(28)31-2)25-20(29)26-8-7-14-17(24-10-23-14)18(26)11-3-4-13(22)12(21)9-11/h3-4,9-10,15,18H,5-8H2,1-2H3,(H,23,24)(H,25,29)/t15-,18?/m0/s1. The third-order valence-electron chi connectivity index (χ3n) is 5.09. The summed E-state index contributed by atoms with van der Waals surface area (Å²) in [6.07, 6.45) is 1.98. The predicted octanol–water partition coefficient (Wildman–Crippen LogP) is 2.35. The molecule has 0 spiro atoms. The zero-order valence-corrected chi connectivity index (χ0v) is 17.7. The summed E-state index contributed by atoms with van der Waals surface area (Å²) < 4.78 is 23.0. The van der Waals surface area contributed by atoms with Crippen LogP contribution in [0, 0.1) is 5.82 Å². The zero-order valence-electron chi connectivity index (χ0n) is 17.0. The average Bonchev–Trinajstić information content (AvgIpc) is 3.25. The van der Waals surface area contributed by atoms with Crippen molar-refractivity contribution in [2.24, 2.45) is 0 Å². The van der Waals surface area contributed by atoms with E-state index >= 15 is 0 Å². The van der Waals surface area contributed by atoms with Gasteiger partial charge in [0, 0.05) is 25.1 Å². The Kier molecular flexibility index (Phi) is 7.11. The fourth-order valence-electron chi connectivity index (χ4n) is 3.50. The van der Waals surface area contributed by atoms with Crippen molar-refractivity contribution in [1.29, 1.82) is 0 Å². The number of ether oxygens (including phenoxy) is 2. The molecule has 1 unspecified atom stereocenters. The molecule has 0 saturated carbocycles. The lowest BCUT2D eigenvalue weighted by molar-refractivity contribution is -0.144. The number of imidazole rings is 1. The SMILES string of the molecule is COC(=O)CC[C@H](NC(=O)N1CCc2[nH]cnc2C1c1ccc(F)c(Cl)c1)C(=O)OC. The minimum Gasteiger partial charge on any atom is -0.469 e. The molecule has 2 N–H and O–H groups in total. The van der Waals surface area contributed by atoms with Crippen molar-refractivity contribution >= 4 is 29.6 Å². The minimum absolute atomic E-state index is 0.0135. The highest BCUT2D eigenvalue weighted by Gasteiger charge is 2.36. The smallest absolute Gasteiger partial charge is 0.328 e. The van der Waals surface area contributed by atoms with Gasteiger partial charge in [-0.3, -0.25) is 4.79 Å². The van der Waals surface area contributed by atoms with E-state index in [1.54, 1.807) is 0 Å². The number of amides is 2. The highest BCUT2D eigenvalue weighted by molar-refractivity contribution is 6.30. The van der Waals surface area contributed by atoms with Gasteiger partial charge in [-0.2, -0.15) is 0 Å². The Hall–Kier alpha value is -3.14. The first kappa shape index (κ1) is 22.5. The molecule has 11 heteroatoms. The molecule has 0 radical (unpaired) electrons. The Morgan fingerprint density at radius 1 is 1.35 bits per heavy atom. The number of hydrogen-bond acceptors (Lipinski definition) is 6. The number of carbonyl (C=O) groups excluding carboxylic acids is 3. The molecule has 9 nitrogen and oxygen atoms in total. The maximum absolute atomic E-state index is 13.7. The average molecular weight is 453 g/mol. The Bertz CT molecular complexity index is 982. The van der Waals surface area contributed by atoms with Crippen LogP contribution in [0.4, 0.5) is 9.18 Å². The van der Waals surface area contributed by atoms with Gasteiger partial charge in [-0.1, -0.05) is 17.7 Å². The van der Waals surface area contributed by atoms with Crippen molar-refractivity contribution < 1.29 is 28.2 Å². The van der Waals surface area contributed by atoms with E-state index in [0.29, 0.717) is 24.2 Å². The Balaban J connectivity index is 1.87. The Labute approximate surface area is 182 Å². The van der Waals surface area contributed by atoms with Crippen LogP contribution in [0.3, 0.4) is 0 Å². The molecule has 2 aromatic rings. The second kappa shape index (κ2) is 9.78. The Morgan fingerprint density at radius 3 is 2.81 bits per heavy atom. The number of aromatic amines is 1. The monoisotopic (exact) mass is 452 g/mol. The van der Waals surface area contributed by atoms with Gasteiger partial charge in [-0.05, 0) is 24.1 Å². The van der Waals surface area contributed by atoms with Gasteiger partial charge in [-0.25, -0.2) is 19.0 Å². The first-order valence-electron chi connectivity index (χ1n) is 9.54. The number of urea groups is 1. The van der Waals surface area contributed by atoms with Crippen molar-refractivity contribution in [3.8, 4) is 0 Å². The summed E-state index contributed by atoms with van der Waals surface area (Å²) in [6.45, 7) is 0.311. The third-order valence-corrected chi connectivity index (χ3v) is 5.38. The molecular formula is C20H22ClFN4O5. The lowest BCUT2D eigenvalue weighted by Gasteiger charge is -2.36. The van der Waals surface area contributed by atoms with Crippen LogP contribution in [-0.4, -0.2) is 59.6 Å². The molecule has 1 aromatic heterocycles. The second-order valence-electron chi connectivity index (χ2n) is 6.93. The molecule has 0 bridgehead atoms. The molecule has 1 aliphatic heterocycles. The number of nitrogens with one attached hydrogen (secondary N) is 2. The van der Waals surface area contributed by atoms with Gasteiger partial charge in [0.2, 0.25) is 0 Å². The maximum atomic E-state index is 13.7. The molecule has 166 valence electrons. The largest absolute Gasteiger partial charge is 0.469 e. The summed E-state index contributed by atoms with van der Waals surface area (Å²) in [5.74, 6) is -1.77. The summed E-state index contributed by atoms with van der Waals surface area (Å²) in [5.41, 5.74) is 2.02. The fourth-order valence-corrected chi connectivity index (χ4v) is 3.69. The van der Waals surface area contributed by atoms with Crippen LogP contribution < -0.4 is 5.32 Å². The summed E-state index contributed by atoms with van der Waals surface area (Å²) >= 11 is 5.96. The van der Waals surface area contributed by atoms with Crippen LogP contribution in [0.25, 0.3) is 0 Å². The molecule has 3 rings (SSSR count). The highest BCUT2D eigenvalue weighted by Crippen LogP contribution is 2.35. The van der Waals surface area contributed by atoms with E-state index in [2.05, 4.69) is 20.0 Å². The van der Waals surface area contributed by atoms with Gasteiger partial charge < -0.3 is 24.7 Å². The number of fused-ring (bicyclic) bond motifs is 1. The highest BCUT2D eigenvalue weighted by atomic mass is 35.5. The fraction of sp³-hybridized carbons (Fsp3) is 0.400. The van der Waals surface area contributed by atoms with E-state index < -0.39 is 35.9 Å². The van der Waals surface area contributed by atoms with Gasteiger partial charge in [0.25, 0.3) is 0 Å². The molecule has 0 fully saturated rings. The molecule has 0 saturated heterocycles. The van der Waals surface area contributed by atoms with Gasteiger partial charge in [0.15, 0.2) is 0 Å². The summed E-state index contributed by atoms with van der Waals surface area (Å²) in [6, 6.07) is 1.95. The molecule has 31 heavy (non-hydrogen) atoms. The number of rotatable bonds is 6. The molecule has 2 heterocycles. The number of carbonyl (C=O) groups is 3. The number of aromatic nitrogens is 2. The lowest BCUT2D eigenvalue weighted by atomic mass is 9.96. The summed E-state index contributed by atoms with van der Waals surface area (Å²) in [4.78, 5) is 45.6. The van der Waals surface area contributed by atoms with Crippen molar-refractivity contribution in [3.63, 3.8) is 0 Å². The molecular weight excluding hydrogens is 431 g/mol. The molecule has 1 aliphatic rings. The molecule has 0 aliphatic carbocycles. The maximum Gasteiger partial charge on any atom is 0.328 e. The van der Waals surface area contributed by atoms with Crippen molar-refractivity contribution in [2.75, 3.05) is 20.8 Å². The molecule has 2 amide bonds. The lowest BCUT2D eigenvalue weighted by Crippen LogP contribution is -2.51. The van der Waals surface area contributed by atoms with Crippen LogP contribution in [0.2, 0.25) is 5.02 Å². The van der Waals surface area contributed by atoms with E-state index in [1.807, 2.05) is 0 Å². The van der Waals surface area contributed by atoms with Crippen molar-refractivity contribution in [1.82, 2.24) is 20.2 Å². The second-order valence-corrected chi connectivity index (χ2v) is 7.33. The number of H-pyrrole nitrogens is 1. The topological polar surface area (TPSA) is 114 Å². The van der Waals surface area contributed by atoms with Crippen LogP contribution in [0.15, 0.2) is 24.5 Å². The van der Waals surface area contributed by atoms with Crippen LogP contribution in [0.1, 0.15) is 35.8 Å². The first-order valence-corrected chi connectivity index (χ1v) is 9.92. The van der Waals surface area contributed by atoms with Crippen LogP contribution in [-0.2, 0) is 25.5 Å². The molecule has 1 aromatic carbocycles. The number of halogens is 2. The predicted molar refractivity (Wildman–Crippen MR) is 108 cm³/mol. The van der Waals surface area contributed by atoms with Gasteiger partial charge in [0.05, 0.1) is 31.3 Å². The van der Waals surface area contributed by atoms with E-state index in [1.165, 1.54) is 43.6 Å². The zero-order chi connectivity index (χ0) is 22.5. The minimum atomic E-state index is -1.05. The number of benzene rings is 1. The third kappa shape index (κ3) is 4.96. The van der Waals surface area contributed by atoms with E-state index in [0.717, 1.165) is 5.69 Å². The first-order chi connectivity index (χ1) is 14.8. The van der Waals surface area contributed by atoms with Gasteiger partial charge in [0.1, 0.15) is 17.9 Å². The van der Waals surface area contributed by atoms with E-state index in [4.69, 9.17) is 16.3 Å². The molecule has 2 atom stereocenters. The van der Waals surface area contributed by atoms with Crippen LogP contribution >= 0.6 is 11.6 Å². The van der Waals surface area contributed by atoms with Crippen LogP contribution in [0.5, 0.6) is 0 Å². The number of hydrogen-bond donors (Lipinski definition) is 2. The van der Waals surface area contributed by atoms with Gasteiger partial charge in [-0.15, -0.1) is 0 Å². The number of methoxy groups -OCH3 is 2. The number of esters is 2. The van der Waals surface area contributed by atoms with Gasteiger partial charge >= 0.3 is 18.0 Å². The normalized spacial score (nSPS) is 16.3. The van der Waals surface area contributed by atoms with Crippen molar-refractivity contribution in [3.05, 3.63) is 52.3 Å². The number of nitrogens with zero attached hydrogens (tertiary/aromatic N) is 2. The summed E-state index contributed by atoms with van der Waals surface area (Å²) in [5, 5.41) is 2.55. The van der Waals surface area contributed by atoms with E-state index in [9.17, 15) is 18.8 Å². The quantitative estimate of drug-likeness (QED) is 0.650. The Morgan fingerprint density at radius 2 is 2.13 bits per heavy atom.